The van der Waals surface area contributed by atoms with Gasteiger partial charge in [-0.05, 0) is 47.4 Å². The van der Waals surface area contributed by atoms with Gasteiger partial charge in [-0.3, -0.25) is 9.59 Å². The third kappa shape index (κ3) is 5.11. The molecule has 8 nitrogen and oxygen atoms in total. The Morgan fingerprint density at radius 2 is 1.78 bits per heavy atom. The van der Waals surface area contributed by atoms with Crippen LogP contribution in [-0.2, 0) is 27.2 Å². The molecule has 0 spiro atoms. The second-order valence-corrected chi connectivity index (χ2v) is 7.31. The van der Waals surface area contributed by atoms with Crippen LogP contribution in [0.1, 0.15) is 29.2 Å². The topological polar surface area (TPSA) is 98.1 Å². The molecule has 0 N–H and O–H groups in total. The van der Waals surface area contributed by atoms with Gasteiger partial charge < -0.3 is 23.8 Å². The van der Waals surface area contributed by atoms with Crippen molar-refractivity contribution in [2.75, 3.05) is 34.5 Å². The van der Waals surface area contributed by atoms with Gasteiger partial charge in [0.2, 0.25) is 0 Å². The van der Waals surface area contributed by atoms with Crippen LogP contribution in [0.3, 0.4) is 0 Å². The summed E-state index contributed by atoms with van der Waals surface area (Å²) in [5, 5.41) is 8.77. The summed E-state index contributed by atoms with van der Waals surface area (Å²) >= 11 is 0. The molecule has 2 aromatic rings. The lowest BCUT2D eigenvalue weighted by Crippen LogP contribution is -2.43. The number of ether oxygens (including phenoxy) is 4. The highest BCUT2D eigenvalue weighted by Crippen LogP contribution is 2.39. The van der Waals surface area contributed by atoms with E-state index < -0.39 is 12.0 Å². The summed E-state index contributed by atoms with van der Waals surface area (Å²) in [5.41, 5.74) is 2.70. The maximum Gasteiger partial charge on any atom is 0.307 e. The fourth-order valence-electron chi connectivity index (χ4n) is 3.81. The van der Waals surface area contributed by atoms with Crippen LogP contribution in [-0.4, -0.2) is 51.3 Å². The highest BCUT2D eigenvalue weighted by molar-refractivity contribution is 5.80. The molecule has 168 valence electrons. The van der Waals surface area contributed by atoms with E-state index in [1.54, 1.807) is 43.4 Å². The number of carbonyl (C=O) groups excluding carboxylic acids is 2. The van der Waals surface area contributed by atoms with E-state index in [4.69, 9.17) is 24.2 Å². The number of amides is 1. The van der Waals surface area contributed by atoms with Gasteiger partial charge in [-0.15, -0.1) is 0 Å². The molecule has 0 aliphatic carbocycles. The number of nitrogens with zero attached hydrogens (tertiary/aromatic N) is 2. The van der Waals surface area contributed by atoms with Crippen molar-refractivity contribution in [1.82, 2.24) is 4.90 Å². The van der Waals surface area contributed by atoms with Crippen molar-refractivity contribution in [1.29, 1.82) is 5.26 Å². The van der Waals surface area contributed by atoms with Gasteiger partial charge in [0.1, 0.15) is 5.75 Å². The first-order chi connectivity index (χ1) is 15.5. The predicted molar refractivity (Wildman–Crippen MR) is 116 cm³/mol. The predicted octanol–water partition coefficient (Wildman–Crippen LogP) is 2.84. The van der Waals surface area contributed by atoms with Crippen LogP contribution in [0.4, 0.5) is 0 Å². The number of rotatable bonds is 8. The van der Waals surface area contributed by atoms with Crippen LogP contribution >= 0.6 is 0 Å². The van der Waals surface area contributed by atoms with Gasteiger partial charge in [0.15, 0.2) is 18.1 Å². The van der Waals surface area contributed by atoms with E-state index in [-0.39, 0.29) is 18.9 Å². The summed E-state index contributed by atoms with van der Waals surface area (Å²) in [4.78, 5) is 26.8. The van der Waals surface area contributed by atoms with Crippen LogP contribution in [0.5, 0.6) is 17.2 Å². The second-order valence-electron chi connectivity index (χ2n) is 7.31. The van der Waals surface area contributed by atoms with Crippen LogP contribution < -0.4 is 14.2 Å². The van der Waals surface area contributed by atoms with Gasteiger partial charge in [-0.25, -0.2) is 0 Å². The van der Waals surface area contributed by atoms with Crippen molar-refractivity contribution in [2.45, 2.75) is 25.3 Å². The molecule has 0 saturated carbocycles. The summed E-state index contributed by atoms with van der Waals surface area (Å²) in [7, 11) is 4.44. The summed E-state index contributed by atoms with van der Waals surface area (Å²) in [6, 6.07) is 12.3. The van der Waals surface area contributed by atoms with Crippen molar-refractivity contribution >= 4 is 11.9 Å². The smallest absolute Gasteiger partial charge is 0.307 e. The summed E-state index contributed by atoms with van der Waals surface area (Å²) in [5.74, 6) is 1.02. The standard InChI is InChI=1S/C24H26N2O6/c1-29-21-12-17-9-11-26(20(14-24(28)31-3)19(17)13-22(21)30-2)23(27)15-32-18-6-4-16(5-7-18)8-10-25/h4-7,12-13,20H,8-9,11,14-15H2,1-3H3/t20-/m1/s1. The SMILES string of the molecule is COC(=O)C[C@@H]1c2cc(OC)c(OC)cc2CCN1C(=O)COc1ccc(CC#N)cc1. The first kappa shape index (κ1) is 22.9. The summed E-state index contributed by atoms with van der Waals surface area (Å²) in [6.07, 6.45) is 0.950. The number of nitriles is 1. The molecule has 1 atom stereocenters. The fourth-order valence-corrected chi connectivity index (χ4v) is 3.81. The van der Waals surface area contributed by atoms with Crippen LogP contribution in [0, 0.1) is 11.3 Å². The van der Waals surface area contributed by atoms with Gasteiger partial charge in [0.25, 0.3) is 5.91 Å². The molecule has 1 amide bonds. The summed E-state index contributed by atoms with van der Waals surface area (Å²) < 4.78 is 21.3. The van der Waals surface area contributed by atoms with Crippen LogP contribution in [0.2, 0.25) is 0 Å². The molecule has 0 saturated heterocycles. The Bertz CT molecular complexity index is 1010. The Morgan fingerprint density at radius 1 is 1.09 bits per heavy atom. The molecule has 0 bridgehead atoms. The number of hydrogen-bond acceptors (Lipinski definition) is 7. The molecule has 0 unspecified atom stereocenters. The summed E-state index contributed by atoms with van der Waals surface area (Å²) in [6.45, 7) is 0.269. The van der Waals surface area contributed by atoms with Gasteiger partial charge in [0.05, 0.1) is 46.3 Å². The maximum atomic E-state index is 13.1. The van der Waals surface area contributed by atoms with Crippen molar-refractivity contribution in [2.24, 2.45) is 0 Å². The molecule has 0 fully saturated rings. The number of benzene rings is 2. The van der Waals surface area contributed by atoms with E-state index in [9.17, 15) is 9.59 Å². The Morgan fingerprint density at radius 3 is 2.41 bits per heavy atom. The number of carbonyl (C=O) groups is 2. The lowest BCUT2D eigenvalue weighted by molar-refractivity contribution is -0.144. The van der Waals surface area contributed by atoms with Crippen molar-refractivity contribution in [3.05, 3.63) is 53.1 Å². The highest BCUT2D eigenvalue weighted by Gasteiger charge is 2.34. The van der Waals surface area contributed by atoms with E-state index in [1.807, 2.05) is 12.1 Å². The first-order valence-electron chi connectivity index (χ1n) is 10.2. The molecule has 0 radical (unpaired) electrons. The highest BCUT2D eigenvalue weighted by atomic mass is 16.5. The van der Waals surface area contributed by atoms with Gasteiger partial charge in [0, 0.05) is 6.54 Å². The number of esters is 1. The zero-order chi connectivity index (χ0) is 23.1. The van der Waals surface area contributed by atoms with Crippen molar-refractivity contribution < 1.29 is 28.5 Å². The molecule has 0 aromatic heterocycles. The van der Waals surface area contributed by atoms with E-state index >= 15 is 0 Å². The van der Waals surface area contributed by atoms with Crippen LogP contribution in [0.25, 0.3) is 0 Å². The molecule has 1 aliphatic heterocycles. The molecular weight excluding hydrogens is 412 g/mol. The molecule has 2 aromatic carbocycles. The van der Waals surface area contributed by atoms with E-state index in [1.165, 1.54) is 7.11 Å². The minimum atomic E-state index is -0.500. The van der Waals surface area contributed by atoms with Gasteiger partial charge in [-0.1, -0.05) is 12.1 Å². The molecule has 32 heavy (non-hydrogen) atoms. The van der Waals surface area contributed by atoms with Gasteiger partial charge >= 0.3 is 5.97 Å². The molecule has 3 rings (SSSR count). The Hall–Kier alpha value is -3.73. The minimum Gasteiger partial charge on any atom is -0.493 e. The molecular formula is C24H26N2O6. The van der Waals surface area contributed by atoms with E-state index in [0.29, 0.717) is 36.6 Å². The third-order valence-electron chi connectivity index (χ3n) is 5.48. The molecule has 1 aliphatic rings. The van der Waals surface area contributed by atoms with Gasteiger partial charge in [-0.2, -0.15) is 5.26 Å². The lowest BCUT2D eigenvalue weighted by atomic mass is 9.90. The normalized spacial score (nSPS) is 14.7. The second kappa shape index (κ2) is 10.5. The monoisotopic (exact) mass is 438 g/mol. The Labute approximate surface area is 187 Å². The fraction of sp³-hybridized carbons (Fsp3) is 0.375. The third-order valence-corrected chi connectivity index (χ3v) is 5.48. The Balaban J connectivity index is 1.80. The quantitative estimate of drug-likeness (QED) is 0.585. The van der Waals surface area contributed by atoms with Crippen LogP contribution in [0.15, 0.2) is 36.4 Å². The zero-order valence-electron chi connectivity index (χ0n) is 18.4. The first-order valence-corrected chi connectivity index (χ1v) is 10.2. The van der Waals surface area contributed by atoms with Crippen molar-refractivity contribution in [3.63, 3.8) is 0 Å². The van der Waals surface area contributed by atoms with E-state index in [0.717, 1.165) is 16.7 Å². The van der Waals surface area contributed by atoms with Crippen molar-refractivity contribution in [3.8, 4) is 23.3 Å². The number of hydrogen-bond donors (Lipinski definition) is 0. The number of fused-ring (bicyclic) bond motifs is 1. The molecule has 8 heteroatoms. The average molecular weight is 438 g/mol. The Kier molecular flexibility index (Phi) is 7.55. The average Bonchev–Trinajstić information content (AvgIpc) is 2.82. The minimum absolute atomic E-state index is 0.0214. The zero-order valence-corrected chi connectivity index (χ0v) is 18.4. The lowest BCUT2D eigenvalue weighted by Gasteiger charge is -2.37. The molecule has 1 heterocycles. The number of methoxy groups -OCH3 is 3. The largest absolute Gasteiger partial charge is 0.493 e. The maximum absolute atomic E-state index is 13.1. The van der Waals surface area contributed by atoms with E-state index in [2.05, 4.69) is 6.07 Å².